The molecule has 0 aromatic heterocycles. The van der Waals surface area contributed by atoms with Gasteiger partial charge in [-0.05, 0) is 47.4 Å². The van der Waals surface area contributed by atoms with Gasteiger partial charge in [0.15, 0.2) is 23.0 Å². The van der Waals surface area contributed by atoms with E-state index in [2.05, 4.69) is 38.6 Å². The summed E-state index contributed by atoms with van der Waals surface area (Å²) in [4.78, 5) is 40.9. The van der Waals surface area contributed by atoms with Crippen molar-refractivity contribution in [2.45, 2.75) is 63.0 Å². The summed E-state index contributed by atoms with van der Waals surface area (Å²) in [6, 6.07) is 20.7. The lowest BCUT2D eigenvalue weighted by Crippen LogP contribution is -2.37. The zero-order valence-electron chi connectivity index (χ0n) is 31.4. The van der Waals surface area contributed by atoms with Crippen LogP contribution < -0.4 is 28.7 Å². The molecule has 0 spiro atoms. The van der Waals surface area contributed by atoms with Crippen LogP contribution in [-0.4, -0.2) is 75.1 Å². The van der Waals surface area contributed by atoms with Gasteiger partial charge in [-0.15, -0.1) is 0 Å². The predicted octanol–water partition coefficient (Wildman–Crippen LogP) is 7.74. The van der Waals surface area contributed by atoms with Gasteiger partial charge in [-0.1, -0.05) is 44.2 Å². The molecule has 2 amide bonds. The standard InChI is InChI=1S/C43H44N4O7S/c1-43(2,55)12-15-52-25-26-10-11-28-18-30-24-45-34-22-40(38(51-4)20-32(34)42(49)47(30)36(28)16-26)54-14-7-13-53-39-21-33-31(19-37(39)50-3)41(48)46-29(23-44-33)17-27-8-5-6-9-35(27)46/h5-6,8-11,16,19-24,29-30,55H,7,12-15,17-18,25H2,1-4H3/t29-,30-/m0/s1. The molecule has 55 heavy (non-hydrogen) atoms. The highest BCUT2D eigenvalue weighted by molar-refractivity contribution is 7.81. The number of methoxy groups -OCH3 is 2. The highest BCUT2D eigenvalue weighted by Crippen LogP contribution is 2.43. The Labute approximate surface area is 326 Å². The van der Waals surface area contributed by atoms with Gasteiger partial charge < -0.3 is 23.7 Å². The first-order valence-electron chi connectivity index (χ1n) is 18.6. The molecular formula is C43H44N4O7S. The third kappa shape index (κ3) is 7.28. The van der Waals surface area contributed by atoms with Gasteiger partial charge in [0.2, 0.25) is 0 Å². The molecular weight excluding hydrogens is 717 g/mol. The molecule has 4 aliphatic heterocycles. The number of hydrogen-bond acceptors (Lipinski definition) is 10. The van der Waals surface area contributed by atoms with Crippen molar-refractivity contribution >= 4 is 59.6 Å². The van der Waals surface area contributed by atoms with Crippen molar-refractivity contribution in [3.05, 3.63) is 94.5 Å². The van der Waals surface area contributed by atoms with E-state index in [0.29, 0.717) is 84.8 Å². The van der Waals surface area contributed by atoms with Crippen molar-refractivity contribution in [2.75, 3.05) is 43.8 Å². The molecule has 8 rings (SSSR count). The van der Waals surface area contributed by atoms with Crippen molar-refractivity contribution in [3.63, 3.8) is 0 Å². The minimum Gasteiger partial charge on any atom is -0.493 e. The number of benzene rings is 4. The van der Waals surface area contributed by atoms with Crippen LogP contribution in [0.3, 0.4) is 0 Å². The van der Waals surface area contributed by atoms with E-state index in [1.165, 1.54) is 0 Å². The fraction of sp³-hybridized carbons (Fsp3) is 0.349. The third-order valence-corrected chi connectivity index (χ3v) is 10.6. The Bertz CT molecular complexity index is 2210. The molecule has 4 aromatic carbocycles. The number of para-hydroxylation sites is 1. The second-order valence-corrected chi connectivity index (χ2v) is 16.0. The van der Waals surface area contributed by atoms with Crippen LogP contribution in [0.1, 0.15) is 64.1 Å². The van der Waals surface area contributed by atoms with Crippen LogP contribution in [0.25, 0.3) is 0 Å². The van der Waals surface area contributed by atoms with E-state index >= 15 is 0 Å². The first kappa shape index (κ1) is 36.6. The normalized spacial score (nSPS) is 17.8. The molecule has 0 bridgehead atoms. The van der Waals surface area contributed by atoms with E-state index in [1.807, 2.05) is 52.6 Å². The molecule has 0 unspecified atom stereocenters. The fourth-order valence-corrected chi connectivity index (χ4v) is 7.58. The van der Waals surface area contributed by atoms with Gasteiger partial charge in [-0.3, -0.25) is 29.4 Å². The summed E-state index contributed by atoms with van der Waals surface area (Å²) < 4.78 is 29.5. The average Bonchev–Trinajstić information content (AvgIpc) is 3.66. The van der Waals surface area contributed by atoms with E-state index in [9.17, 15) is 9.59 Å². The lowest BCUT2D eigenvalue weighted by molar-refractivity contribution is 0.0978. The molecule has 0 N–H and O–H groups in total. The number of ether oxygens (including phenoxy) is 5. The van der Waals surface area contributed by atoms with Crippen molar-refractivity contribution in [1.29, 1.82) is 0 Å². The van der Waals surface area contributed by atoms with Crippen molar-refractivity contribution in [2.24, 2.45) is 9.98 Å². The summed E-state index contributed by atoms with van der Waals surface area (Å²) >= 11 is 4.58. The second kappa shape index (κ2) is 15.1. The van der Waals surface area contributed by atoms with Gasteiger partial charge in [0.1, 0.15) is 0 Å². The Morgan fingerprint density at radius 2 is 1.27 bits per heavy atom. The zero-order valence-corrected chi connectivity index (χ0v) is 32.3. The summed E-state index contributed by atoms with van der Waals surface area (Å²) in [5.41, 5.74) is 6.98. The van der Waals surface area contributed by atoms with E-state index in [0.717, 1.165) is 40.9 Å². The number of fused-ring (bicyclic) bond motifs is 8. The molecule has 4 heterocycles. The molecule has 11 nitrogen and oxygen atoms in total. The predicted molar refractivity (Wildman–Crippen MR) is 217 cm³/mol. The number of anilines is 2. The van der Waals surface area contributed by atoms with E-state index in [4.69, 9.17) is 33.7 Å². The van der Waals surface area contributed by atoms with E-state index in [1.54, 1.807) is 38.5 Å². The Hall–Kier alpha value is -5.33. The van der Waals surface area contributed by atoms with Gasteiger partial charge in [-0.2, -0.15) is 12.6 Å². The van der Waals surface area contributed by atoms with Crippen molar-refractivity contribution < 1.29 is 33.3 Å². The minimum absolute atomic E-state index is 0.0956. The SMILES string of the molecule is COc1cc2c(cc1OCCCOc1cc3c(cc1OC)C(=O)N1c4cc(COCCC(C)(C)S)ccc4C[C@H]1C=N3)N=C[C@@H]1Cc3ccccc3N1C2=O. The van der Waals surface area contributed by atoms with Gasteiger partial charge in [0.05, 0.1) is 68.6 Å². The van der Waals surface area contributed by atoms with Crippen LogP contribution in [0.15, 0.2) is 76.7 Å². The Kier molecular flexibility index (Phi) is 10.0. The van der Waals surface area contributed by atoms with Crippen LogP contribution in [0.2, 0.25) is 0 Å². The maximum absolute atomic E-state index is 14.1. The van der Waals surface area contributed by atoms with Crippen molar-refractivity contribution in [1.82, 2.24) is 0 Å². The molecule has 0 aliphatic carbocycles. The summed E-state index contributed by atoms with van der Waals surface area (Å²) in [5, 5.41) is 0. The molecule has 12 heteroatoms. The highest BCUT2D eigenvalue weighted by atomic mass is 32.1. The van der Waals surface area contributed by atoms with Crippen LogP contribution in [0.5, 0.6) is 23.0 Å². The topological polar surface area (TPSA) is 111 Å². The van der Waals surface area contributed by atoms with Gasteiger partial charge >= 0.3 is 0 Å². The summed E-state index contributed by atoms with van der Waals surface area (Å²) in [6.45, 7) is 5.82. The maximum atomic E-state index is 14.1. The van der Waals surface area contributed by atoms with Crippen molar-refractivity contribution in [3.8, 4) is 23.0 Å². The zero-order chi connectivity index (χ0) is 38.3. The van der Waals surface area contributed by atoms with Crippen LogP contribution in [0, 0.1) is 0 Å². The molecule has 0 saturated carbocycles. The largest absolute Gasteiger partial charge is 0.493 e. The lowest BCUT2D eigenvalue weighted by atomic mass is 10.1. The Morgan fingerprint density at radius 3 is 1.85 bits per heavy atom. The van der Waals surface area contributed by atoms with Gasteiger partial charge in [-0.25, -0.2) is 0 Å². The summed E-state index contributed by atoms with van der Waals surface area (Å²) in [7, 11) is 3.11. The smallest absolute Gasteiger partial charge is 0.261 e. The lowest BCUT2D eigenvalue weighted by Gasteiger charge is -2.22. The number of thiol groups is 1. The minimum atomic E-state index is -0.203. The number of carbonyl (C=O) groups is 2. The first-order valence-corrected chi connectivity index (χ1v) is 19.0. The summed E-state index contributed by atoms with van der Waals surface area (Å²) in [5.74, 6) is 1.60. The molecule has 4 aliphatic rings. The molecule has 0 saturated heterocycles. The van der Waals surface area contributed by atoms with E-state index < -0.39 is 0 Å². The van der Waals surface area contributed by atoms with Gasteiger partial charge in [0, 0.05) is 66.6 Å². The molecule has 4 aromatic rings. The quantitative estimate of drug-likeness (QED) is 0.110. The Morgan fingerprint density at radius 1 is 0.709 bits per heavy atom. The number of amides is 2. The average molecular weight is 761 g/mol. The first-order chi connectivity index (χ1) is 26.6. The monoisotopic (exact) mass is 760 g/mol. The molecule has 284 valence electrons. The number of aliphatic imine (C=N–C) groups is 2. The fourth-order valence-electron chi connectivity index (χ4n) is 7.49. The van der Waals surface area contributed by atoms with Crippen LogP contribution in [-0.2, 0) is 24.2 Å². The van der Waals surface area contributed by atoms with Crippen LogP contribution >= 0.6 is 12.6 Å². The van der Waals surface area contributed by atoms with Crippen LogP contribution in [0.4, 0.5) is 22.7 Å². The van der Waals surface area contributed by atoms with E-state index in [-0.39, 0.29) is 28.6 Å². The molecule has 0 fully saturated rings. The van der Waals surface area contributed by atoms with Gasteiger partial charge in [0.25, 0.3) is 11.8 Å². The number of carbonyl (C=O) groups excluding carboxylic acids is 2. The Balaban J connectivity index is 0.913. The summed E-state index contributed by atoms with van der Waals surface area (Å²) in [6.07, 6.45) is 6.44. The maximum Gasteiger partial charge on any atom is 0.261 e. The molecule has 2 atom stereocenters. The second-order valence-electron chi connectivity index (χ2n) is 14.7. The highest BCUT2D eigenvalue weighted by Gasteiger charge is 2.38. The third-order valence-electron chi connectivity index (χ3n) is 10.3. The number of rotatable bonds is 13. The molecule has 0 radical (unpaired) electrons. The number of hydrogen-bond donors (Lipinski definition) is 1. The number of nitrogens with zero attached hydrogens (tertiary/aromatic N) is 4.